The van der Waals surface area contributed by atoms with Crippen molar-refractivity contribution in [1.82, 2.24) is 0 Å². The summed E-state index contributed by atoms with van der Waals surface area (Å²) >= 11 is 7.21. The molecule has 2 heterocycles. The van der Waals surface area contributed by atoms with Crippen LogP contribution < -0.4 is 4.90 Å². The number of carbonyl (C=O) groups is 1. The highest BCUT2D eigenvalue weighted by Crippen LogP contribution is 2.41. The van der Waals surface area contributed by atoms with Crippen LogP contribution in [0.5, 0.6) is 0 Å². The summed E-state index contributed by atoms with van der Waals surface area (Å²) in [5, 5.41) is 0.159. The van der Waals surface area contributed by atoms with E-state index in [0.29, 0.717) is 17.3 Å². The lowest BCUT2D eigenvalue weighted by Crippen LogP contribution is -2.37. The first-order valence-electron chi connectivity index (χ1n) is 9.09. The Balaban J connectivity index is 1.59. The number of carbonyl (C=O) groups excluding carboxylic acids is 1. The van der Waals surface area contributed by atoms with E-state index in [0.717, 1.165) is 5.56 Å². The number of fused-ring (bicyclic) bond motifs is 1. The second-order valence-electron chi connectivity index (χ2n) is 7.04. The summed E-state index contributed by atoms with van der Waals surface area (Å²) in [6, 6.07) is 13.5. The topological polar surface area (TPSA) is 66.8 Å². The van der Waals surface area contributed by atoms with Crippen molar-refractivity contribution in [2.45, 2.75) is 24.1 Å². The van der Waals surface area contributed by atoms with Gasteiger partial charge in [0.05, 0.1) is 22.6 Å². The van der Waals surface area contributed by atoms with Gasteiger partial charge in [-0.2, -0.15) is 4.99 Å². The average molecular weight is 453 g/mol. The van der Waals surface area contributed by atoms with E-state index in [1.54, 1.807) is 4.90 Å². The zero-order valence-corrected chi connectivity index (χ0v) is 17.7. The highest BCUT2D eigenvalue weighted by atomic mass is 35.5. The van der Waals surface area contributed by atoms with Crippen LogP contribution in [0.1, 0.15) is 12.0 Å². The van der Waals surface area contributed by atoms with E-state index in [2.05, 4.69) is 4.99 Å². The van der Waals surface area contributed by atoms with Gasteiger partial charge in [0.15, 0.2) is 15.0 Å². The molecule has 0 spiro atoms. The summed E-state index contributed by atoms with van der Waals surface area (Å²) in [4.78, 5) is 18.5. The number of aliphatic imine (C=N–C) groups is 1. The molecule has 1 amide bonds. The number of benzene rings is 2. The molecule has 0 bridgehead atoms. The summed E-state index contributed by atoms with van der Waals surface area (Å²) in [5.41, 5.74) is 1.58. The van der Waals surface area contributed by atoms with Crippen LogP contribution in [0.4, 0.5) is 10.1 Å². The first kappa shape index (κ1) is 20.4. The predicted octanol–water partition coefficient (Wildman–Crippen LogP) is 3.71. The minimum Gasteiger partial charge on any atom is -0.316 e. The van der Waals surface area contributed by atoms with Crippen molar-refractivity contribution in [3.63, 3.8) is 0 Å². The van der Waals surface area contributed by atoms with E-state index in [9.17, 15) is 17.6 Å². The van der Waals surface area contributed by atoms with E-state index in [4.69, 9.17) is 11.6 Å². The largest absolute Gasteiger partial charge is 0.316 e. The molecule has 2 saturated heterocycles. The van der Waals surface area contributed by atoms with E-state index < -0.39 is 15.7 Å². The van der Waals surface area contributed by atoms with Gasteiger partial charge in [-0.3, -0.25) is 4.79 Å². The zero-order valence-electron chi connectivity index (χ0n) is 15.3. The Bertz CT molecular complexity index is 1080. The SMILES string of the molecule is O=C(CCc1ccccc1)N=C1S[C@H]2CS(=O)(=O)C[C@@H]2N1c1ccc(F)c(Cl)c1. The molecule has 9 heteroatoms. The maximum absolute atomic E-state index is 13.6. The number of thioether (sulfide) groups is 1. The molecule has 29 heavy (non-hydrogen) atoms. The van der Waals surface area contributed by atoms with Crippen LogP contribution in [0.3, 0.4) is 0 Å². The van der Waals surface area contributed by atoms with Crippen LogP contribution in [-0.2, 0) is 21.1 Å². The molecule has 152 valence electrons. The van der Waals surface area contributed by atoms with E-state index in [1.165, 1.54) is 30.0 Å². The van der Waals surface area contributed by atoms with Crippen LogP contribution in [0.15, 0.2) is 53.5 Å². The third-order valence-corrected chi connectivity index (χ3v) is 8.44. The lowest BCUT2D eigenvalue weighted by atomic mass is 10.1. The molecular formula is C20H18ClFN2O3S2. The molecule has 0 aliphatic carbocycles. The predicted molar refractivity (Wildman–Crippen MR) is 115 cm³/mol. The zero-order chi connectivity index (χ0) is 20.6. The number of sulfone groups is 1. The maximum Gasteiger partial charge on any atom is 0.248 e. The molecule has 5 nitrogen and oxygen atoms in total. The molecule has 2 aromatic carbocycles. The standard InChI is InChI=1S/C20H18ClFN2O3S2/c21-15-10-14(7-8-16(15)22)24-17-11-29(26,27)12-18(17)28-20(24)23-19(25)9-6-13-4-2-1-3-5-13/h1-5,7-8,10,17-18H,6,9,11-12H2/t17-,18-/m0/s1. The Morgan fingerprint density at radius 3 is 2.69 bits per heavy atom. The smallest absolute Gasteiger partial charge is 0.248 e. The molecule has 0 radical (unpaired) electrons. The van der Waals surface area contributed by atoms with Crippen LogP contribution in [0.2, 0.25) is 5.02 Å². The van der Waals surface area contributed by atoms with Crippen molar-refractivity contribution in [3.8, 4) is 0 Å². The summed E-state index contributed by atoms with van der Waals surface area (Å²) in [7, 11) is -3.17. The van der Waals surface area contributed by atoms with Crippen molar-refractivity contribution in [1.29, 1.82) is 0 Å². The lowest BCUT2D eigenvalue weighted by molar-refractivity contribution is -0.117. The summed E-state index contributed by atoms with van der Waals surface area (Å²) in [5.74, 6) is -0.838. The van der Waals surface area contributed by atoms with Crippen molar-refractivity contribution in [2.75, 3.05) is 16.4 Å². The maximum atomic E-state index is 13.6. The number of amidine groups is 1. The van der Waals surface area contributed by atoms with Gasteiger partial charge in [-0.1, -0.05) is 53.7 Å². The number of aryl methyl sites for hydroxylation is 1. The molecule has 0 aromatic heterocycles. The van der Waals surface area contributed by atoms with Crippen molar-refractivity contribution < 1.29 is 17.6 Å². The Kier molecular flexibility index (Phi) is 5.68. The summed E-state index contributed by atoms with van der Waals surface area (Å²) in [6.45, 7) is 0. The molecule has 2 atom stereocenters. The van der Waals surface area contributed by atoms with Gasteiger partial charge in [-0.25, -0.2) is 12.8 Å². The first-order chi connectivity index (χ1) is 13.8. The Morgan fingerprint density at radius 2 is 1.97 bits per heavy atom. The first-order valence-corrected chi connectivity index (χ1v) is 12.2. The Morgan fingerprint density at radius 1 is 1.21 bits per heavy atom. The van der Waals surface area contributed by atoms with Crippen LogP contribution in [-0.4, -0.2) is 42.3 Å². The van der Waals surface area contributed by atoms with Gasteiger partial charge < -0.3 is 4.90 Å². The number of hydrogen-bond donors (Lipinski definition) is 0. The molecule has 2 aliphatic rings. The minimum absolute atomic E-state index is 0.0309. The fraction of sp³-hybridized carbons (Fsp3) is 0.300. The number of anilines is 1. The monoisotopic (exact) mass is 452 g/mol. The summed E-state index contributed by atoms with van der Waals surface area (Å²) in [6.07, 6.45) is 0.824. The number of halogens is 2. The molecule has 4 rings (SSSR count). The van der Waals surface area contributed by atoms with Crippen LogP contribution in [0, 0.1) is 5.82 Å². The Labute approximate surface area is 177 Å². The van der Waals surface area contributed by atoms with Gasteiger partial charge in [0.25, 0.3) is 0 Å². The Hall–Kier alpha value is -1.90. The van der Waals surface area contributed by atoms with Crippen LogP contribution >= 0.6 is 23.4 Å². The van der Waals surface area contributed by atoms with Crippen molar-refractivity contribution >= 4 is 50.0 Å². The van der Waals surface area contributed by atoms with E-state index >= 15 is 0 Å². The molecule has 0 N–H and O–H groups in total. The average Bonchev–Trinajstić information content (AvgIpc) is 3.14. The van der Waals surface area contributed by atoms with Gasteiger partial charge in [-0.15, -0.1) is 0 Å². The number of amides is 1. The second kappa shape index (κ2) is 8.08. The fourth-order valence-corrected chi connectivity index (χ4v) is 7.67. The third-order valence-electron chi connectivity index (χ3n) is 4.94. The highest BCUT2D eigenvalue weighted by Gasteiger charge is 2.49. The fourth-order valence-electron chi connectivity index (χ4n) is 3.56. The van der Waals surface area contributed by atoms with Crippen LogP contribution in [0.25, 0.3) is 0 Å². The molecule has 0 saturated carbocycles. The molecule has 2 aliphatic heterocycles. The van der Waals surface area contributed by atoms with Gasteiger partial charge in [-0.05, 0) is 30.2 Å². The normalized spacial score (nSPS) is 24.1. The van der Waals surface area contributed by atoms with Gasteiger partial charge in [0, 0.05) is 17.4 Å². The number of rotatable bonds is 4. The molecule has 2 aromatic rings. The minimum atomic E-state index is -3.17. The van der Waals surface area contributed by atoms with Gasteiger partial charge >= 0.3 is 0 Å². The lowest BCUT2D eigenvalue weighted by Gasteiger charge is -2.24. The molecule has 2 fully saturated rings. The van der Waals surface area contributed by atoms with E-state index in [-0.39, 0.29) is 40.1 Å². The van der Waals surface area contributed by atoms with Crippen molar-refractivity contribution in [2.24, 2.45) is 4.99 Å². The highest BCUT2D eigenvalue weighted by molar-refractivity contribution is 8.16. The number of nitrogens with zero attached hydrogens (tertiary/aromatic N) is 2. The third kappa shape index (κ3) is 4.49. The van der Waals surface area contributed by atoms with Crippen molar-refractivity contribution in [3.05, 3.63) is 64.9 Å². The van der Waals surface area contributed by atoms with Gasteiger partial charge in [0.2, 0.25) is 5.91 Å². The summed E-state index contributed by atoms with van der Waals surface area (Å²) < 4.78 is 37.8. The number of hydrogen-bond acceptors (Lipinski definition) is 4. The van der Waals surface area contributed by atoms with Gasteiger partial charge in [0.1, 0.15) is 5.82 Å². The molecule has 0 unspecified atom stereocenters. The second-order valence-corrected chi connectivity index (χ2v) is 10.8. The quantitative estimate of drug-likeness (QED) is 0.707. The van der Waals surface area contributed by atoms with E-state index in [1.807, 2.05) is 30.3 Å². The molecular weight excluding hydrogens is 435 g/mol.